The summed E-state index contributed by atoms with van der Waals surface area (Å²) in [6.07, 6.45) is 4.01. The quantitative estimate of drug-likeness (QED) is 0.546. The second-order valence-corrected chi connectivity index (χ2v) is 6.54. The van der Waals surface area contributed by atoms with Gasteiger partial charge in [-0.05, 0) is 35.0 Å². The summed E-state index contributed by atoms with van der Waals surface area (Å²) in [5.74, 6) is -0.310. The molecule has 4 rings (SSSR count). The van der Waals surface area contributed by atoms with Crippen LogP contribution in [0.5, 0.6) is 0 Å². The van der Waals surface area contributed by atoms with Crippen molar-refractivity contribution in [3.05, 3.63) is 84.3 Å². The van der Waals surface area contributed by atoms with Gasteiger partial charge in [-0.1, -0.05) is 36.4 Å². The van der Waals surface area contributed by atoms with Gasteiger partial charge in [0.05, 0.1) is 12.2 Å². The third-order valence-corrected chi connectivity index (χ3v) is 4.53. The molecule has 28 heavy (non-hydrogen) atoms. The Morgan fingerprint density at radius 2 is 1.75 bits per heavy atom. The smallest absolute Gasteiger partial charge is 0.251 e. The number of benzene rings is 2. The molecule has 0 aliphatic carbocycles. The van der Waals surface area contributed by atoms with Crippen molar-refractivity contribution < 1.29 is 9.59 Å². The van der Waals surface area contributed by atoms with Gasteiger partial charge in [0.2, 0.25) is 5.91 Å². The van der Waals surface area contributed by atoms with Crippen molar-refractivity contribution in [1.29, 1.82) is 0 Å². The fraction of sp³-hybridized carbons (Fsp3) is 0.136. The Balaban J connectivity index is 1.25. The molecule has 0 radical (unpaired) electrons. The predicted octanol–water partition coefficient (Wildman–Crippen LogP) is 2.92. The highest BCUT2D eigenvalue weighted by Crippen LogP contribution is 2.15. The molecule has 0 fully saturated rings. The topological polar surface area (TPSA) is 75.5 Å². The molecule has 0 aliphatic heterocycles. The molecule has 0 saturated heterocycles. The van der Waals surface area contributed by atoms with Crippen LogP contribution in [-0.4, -0.2) is 27.7 Å². The number of aromatic nitrogens is 2. The second kappa shape index (κ2) is 7.92. The highest BCUT2D eigenvalue weighted by atomic mass is 16.2. The van der Waals surface area contributed by atoms with E-state index in [1.807, 2.05) is 71.4 Å². The van der Waals surface area contributed by atoms with E-state index in [1.165, 1.54) is 0 Å². The van der Waals surface area contributed by atoms with Crippen molar-refractivity contribution in [2.75, 3.05) is 6.54 Å². The van der Waals surface area contributed by atoms with Crippen LogP contribution in [0, 0.1) is 0 Å². The standard InChI is InChI=1S/C22H20N4O2/c27-21(24-14-19-15-26-12-4-3-7-20(26)25-19)10-11-23-22(28)18-9-8-16-5-1-2-6-17(16)13-18/h1-9,12-13,15H,10-11,14H2,(H,23,28)(H,24,27). The van der Waals surface area contributed by atoms with Gasteiger partial charge in [0, 0.05) is 30.9 Å². The lowest BCUT2D eigenvalue weighted by Crippen LogP contribution is -2.30. The third-order valence-electron chi connectivity index (χ3n) is 4.53. The molecule has 2 aromatic carbocycles. The molecule has 2 amide bonds. The van der Waals surface area contributed by atoms with E-state index in [0.717, 1.165) is 22.1 Å². The van der Waals surface area contributed by atoms with Crippen molar-refractivity contribution >= 4 is 28.2 Å². The summed E-state index contributed by atoms with van der Waals surface area (Å²) in [6.45, 7) is 0.641. The summed E-state index contributed by atoms with van der Waals surface area (Å²) in [5.41, 5.74) is 2.22. The first-order chi connectivity index (χ1) is 13.7. The van der Waals surface area contributed by atoms with Crippen molar-refractivity contribution in [2.24, 2.45) is 0 Å². The predicted molar refractivity (Wildman–Crippen MR) is 108 cm³/mol. The van der Waals surface area contributed by atoms with Gasteiger partial charge < -0.3 is 15.0 Å². The van der Waals surface area contributed by atoms with Gasteiger partial charge in [-0.2, -0.15) is 0 Å². The molecule has 0 atom stereocenters. The number of nitrogens with zero attached hydrogens (tertiary/aromatic N) is 2. The van der Waals surface area contributed by atoms with Crippen molar-refractivity contribution in [2.45, 2.75) is 13.0 Å². The maximum atomic E-state index is 12.3. The molecule has 4 aromatic rings. The van der Waals surface area contributed by atoms with Crippen LogP contribution in [0.4, 0.5) is 0 Å². The van der Waals surface area contributed by atoms with E-state index < -0.39 is 0 Å². The van der Waals surface area contributed by atoms with E-state index in [9.17, 15) is 9.59 Å². The highest BCUT2D eigenvalue weighted by molar-refractivity contribution is 5.98. The van der Waals surface area contributed by atoms with E-state index >= 15 is 0 Å². The van der Waals surface area contributed by atoms with Gasteiger partial charge >= 0.3 is 0 Å². The number of fused-ring (bicyclic) bond motifs is 2. The Morgan fingerprint density at radius 3 is 2.61 bits per heavy atom. The first-order valence-corrected chi connectivity index (χ1v) is 9.15. The number of hydrogen-bond acceptors (Lipinski definition) is 3. The number of amides is 2. The van der Waals surface area contributed by atoms with Crippen LogP contribution in [0.15, 0.2) is 73.1 Å². The molecular formula is C22H20N4O2. The molecule has 0 spiro atoms. The summed E-state index contributed by atoms with van der Waals surface area (Å²) >= 11 is 0. The molecule has 0 aliphatic rings. The van der Waals surface area contributed by atoms with Gasteiger partial charge in [0.15, 0.2) is 0 Å². The lowest BCUT2D eigenvalue weighted by Gasteiger charge is -2.07. The third kappa shape index (κ3) is 4.01. The van der Waals surface area contributed by atoms with E-state index in [2.05, 4.69) is 15.6 Å². The monoisotopic (exact) mass is 372 g/mol. The van der Waals surface area contributed by atoms with E-state index in [4.69, 9.17) is 0 Å². The summed E-state index contributed by atoms with van der Waals surface area (Å²) in [4.78, 5) is 28.8. The number of imidazole rings is 1. The van der Waals surface area contributed by atoms with Crippen molar-refractivity contribution in [3.8, 4) is 0 Å². The second-order valence-electron chi connectivity index (χ2n) is 6.54. The average molecular weight is 372 g/mol. The number of rotatable bonds is 6. The molecular weight excluding hydrogens is 352 g/mol. The molecule has 6 heteroatoms. The highest BCUT2D eigenvalue weighted by Gasteiger charge is 2.08. The number of carbonyl (C=O) groups is 2. The fourth-order valence-electron chi connectivity index (χ4n) is 3.07. The zero-order valence-corrected chi connectivity index (χ0v) is 15.3. The molecule has 2 heterocycles. The lowest BCUT2D eigenvalue weighted by atomic mass is 10.1. The van der Waals surface area contributed by atoms with E-state index in [-0.39, 0.29) is 24.8 Å². The van der Waals surface area contributed by atoms with E-state index in [0.29, 0.717) is 12.1 Å². The normalized spacial score (nSPS) is 10.9. The summed E-state index contributed by atoms with van der Waals surface area (Å²) in [5, 5.41) is 7.73. The number of pyridine rings is 1. The van der Waals surface area contributed by atoms with Gasteiger partial charge in [-0.25, -0.2) is 4.98 Å². The Bertz CT molecular complexity index is 1120. The Kier molecular flexibility index (Phi) is 5.01. The van der Waals surface area contributed by atoms with Crippen LogP contribution in [0.3, 0.4) is 0 Å². The fourth-order valence-corrected chi connectivity index (χ4v) is 3.07. The van der Waals surface area contributed by atoms with Gasteiger partial charge in [-0.15, -0.1) is 0 Å². The maximum Gasteiger partial charge on any atom is 0.251 e. The van der Waals surface area contributed by atoms with Gasteiger partial charge in [-0.3, -0.25) is 9.59 Å². The SMILES string of the molecule is O=C(CCNC(=O)c1ccc2ccccc2c1)NCc1cn2ccccc2n1. The molecule has 2 aromatic heterocycles. The first-order valence-electron chi connectivity index (χ1n) is 9.15. The summed E-state index contributed by atoms with van der Waals surface area (Å²) in [6, 6.07) is 19.2. The molecule has 2 N–H and O–H groups in total. The lowest BCUT2D eigenvalue weighted by molar-refractivity contribution is -0.121. The molecule has 0 bridgehead atoms. The Hall–Kier alpha value is -3.67. The minimum atomic E-state index is -0.182. The first kappa shape index (κ1) is 17.7. The van der Waals surface area contributed by atoms with Crippen LogP contribution >= 0.6 is 0 Å². The largest absolute Gasteiger partial charge is 0.352 e. The van der Waals surface area contributed by atoms with Crippen LogP contribution in [-0.2, 0) is 11.3 Å². The van der Waals surface area contributed by atoms with Crippen molar-refractivity contribution in [1.82, 2.24) is 20.0 Å². The zero-order valence-electron chi connectivity index (χ0n) is 15.3. The van der Waals surface area contributed by atoms with Crippen LogP contribution in [0.2, 0.25) is 0 Å². The Labute approximate surface area is 162 Å². The van der Waals surface area contributed by atoms with E-state index in [1.54, 1.807) is 6.07 Å². The minimum absolute atomic E-state index is 0.129. The minimum Gasteiger partial charge on any atom is -0.352 e. The van der Waals surface area contributed by atoms with Crippen LogP contribution in [0.25, 0.3) is 16.4 Å². The molecule has 6 nitrogen and oxygen atoms in total. The van der Waals surface area contributed by atoms with Crippen LogP contribution < -0.4 is 10.6 Å². The molecule has 0 saturated carbocycles. The van der Waals surface area contributed by atoms with Crippen LogP contribution in [0.1, 0.15) is 22.5 Å². The number of hydrogen-bond donors (Lipinski definition) is 2. The zero-order chi connectivity index (χ0) is 19.3. The summed E-state index contributed by atoms with van der Waals surface area (Å²) < 4.78 is 1.91. The van der Waals surface area contributed by atoms with Gasteiger partial charge in [0.25, 0.3) is 5.91 Å². The molecule has 140 valence electrons. The Morgan fingerprint density at radius 1 is 0.929 bits per heavy atom. The van der Waals surface area contributed by atoms with Gasteiger partial charge in [0.1, 0.15) is 5.65 Å². The average Bonchev–Trinajstić information content (AvgIpc) is 3.15. The summed E-state index contributed by atoms with van der Waals surface area (Å²) in [7, 11) is 0. The number of carbonyl (C=O) groups excluding carboxylic acids is 2. The molecule has 0 unspecified atom stereocenters. The number of nitrogens with one attached hydrogen (secondary N) is 2. The maximum absolute atomic E-state index is 12.3. The van der Waals surface area contributed by atoms with Crippen molar-refractivity contribution in [3.63, 3.8) is 0 Å².